The molecule has 2 aromatic heterocycles. The molecule has 0 aliphatic rings. The lowest BCUT2D eigenvalue weighted by Crippen LogP contribution is -2.43. The van der Waals surface area contributed by atoms with Gasteiger partial charge in [-0.2, -0.15) is 0 Å². The van der Waals surface area contributed by atoms with Gasteiger partial charge >= 0.3 is 5.97 Å². The van der Waals surface area contributed by atoms with Gasteiger partial charge in [-0.05, 0) is 74.2 Å². The van der Waals surface area contributed by atoms with Crippen LogP contribution in [0.5, 0.6) is 11.5 Å². The minimum atomic E-state index is -1.39. The van der Waals surface area contributed by atoms with Crippen molar-refractivity contribution in [3.8, 4) is 22.2 Å². The first-order chi connectivity index (χ1) is 17.3. The van der Waals surface area contributed by atoms with E-state index in [4.69, 9.17) is 9.47 Å². The Balaban J connectivity index is 1.44. The molecule has 7 heteroatoms. The Morgan fingerprint density at radius 2 is 1.69 bits per heavy atom. The van der Waals surface area contributed by atoms with Crippen molar-refractivity contribution in [2.75, 3.05) is 0 Å². The highest BCUT2D eigenvalue weighted by Gasteiger charge is 2.36. The summed E-state index contributed by atoms with van der Waals surface area (Å²) in [4.78, 5) is 23.1. The number of carboxylic acids is 1. The molecule has 0 aliphatic carbocycles. The highest BCUT2D eigenvalue weighted by Crippen LogP contribution is 2.35. The molecule has 2 heterocycles. The van der Waals surface area contributed by atoms with Gasteiger partial charge in [0.2, 0.25) is 5.60 Å². The van der Waals surface area contributed by atoms with Crippen LogP contribution in [0.15, 0.2) is 73.1 Å². The van der Waals surface area contributed by atoms with Crippen molar-refractivity contribution < 1.29 is 19.4 Å². The fourth-order valence-corrected chi connectivity index (χ4v) is 5.01. The number of aryl methyl sites for hydroxylation is 2. The van der Waals surface area contributed by atoms with E-state index in [9.17, 15) is 9.90 Å². The van der Waals surface area contributed by atoms with Crippen LogP contribution in [0, 0.1) is 6.92 Å². The minimum absolute atomic E-state index is 0.157. The van der Waals surface area contributed by atoms with Crippen LogP contribution in [0.3, 0.4) is 0 Å². The van der Waals surface area contributed by atoms with Gasteiger partial charge in [-0.3, -0.25) is 0 Å². The predicted octanol–water partition coefficient (Wildman–Crippen LogP) is 6.68. The largest absolute Gasteiger partial charge is 0.485 e. The van der Waals surface area contributed by atoms with Gasteiger partial charge in [-0.25, -0.2) is 14.8 Å². The molecule has 0 saturated carbocycles. The number of nitrogens with zero attached hydrogens (tertiary/aromatic N) is 2. The molecule has 2 aromatic carbocycles. The van der Waals surface area contributed by atoms with Gasteiger partial charge < -0.3 is 14.6 Å². The van der Waals surface area contributed by atoms with Crippen molar-refractivity contribution >= 4 is 17.3 Å². The SMILES string of the molecule is CCc1cnc(-c2cc(C)c(C(C)Oc3ccc(CC(C)(Oc4ccccc4)C(=O)O)cc3)s2)nc1. The normalized spacial score (nSPS) is 13.6. The fraction of sp³-hybridized carbons (Fsp3) is 0.276. The van der Waals surface area contributed by atoms with E-state index in [1.165, 1.54) is 0 Å². The maximum absolute atomic E-state index is 12.0. The third-order valence-corrected chi connectivity index (χ3v) is 7.37. The van der Waals surface area contributed by atoms with Crippen molar-refractivity contribution in [3.63, 3.8) is 0 Å². The number of carbonyl (C=O) groups is 1. The van der Waals surface area contributed by atoms with Gasteiger partial charge in [-0.1, -0.05) is 37.3 Å². The van der Waals surface area contributed by atoms with E-state index in [0.29, 0.717) is 11.5 Å². The molecule has 1 N–H and O–H groups in total. The lowest BCUT2D eigenvalue weighted by Gasteiger charge is -2.26. The first-order valence-corrected chi connectivity index (χ1v) is 12.7. The van der Waals surface area contributed by atoms with Gasteiger partial charge in [0.15, 0.2) is 5.82 Å². The molecule has 4 rings (SSSR count). The lowest BCUT2D eigenvalue weighted by molar-refractivity contribution is -0.153. The second-order valence-electron chi connectivity index (χ2n) is 8.96. The maximum Gasteiger partial charge on any atom is 0.348 e. The molecule has 0 bridgehead atoms. The topological polar surface area (TPSA) is 81.5 Å². The maximum atomic E-state index is 12.0. The smallest absolute Gasteiger partial charge is 0.348 e. The molecule has 186 valence electrons. The number of thiophene rings is 1. The summed E-state index contributed by atoms with van der Waals surface area (Å²) >= 11 is 1.64. The standard InChI is InChI=1S/C29H30N2O4S/c1-5-21-17-30-27(31-18-21)25-15-19(2)26(36-25)20(3)34-23-13-11-22(12-14-23)16-29(4,28(32)33)35-24-9-7-6-8-10-24/h6-15,17-18,20H,5,16H2,1-4H3,(H,32,33). The first-order valence-electron chi connectivity index (χ1n) is 11.9. The Morgan fingerprint density at radius 1 is 1.03 bits per heavy atom. The zero-order valence-electron chi connectivity index (χ0n) is 20.9. The van der Waals surface area contributed by atoms with E-state index >= 15 is 0 Å². The molecule has 0 amide bonds. The molecular weight excluding hydrogens is 472 g/mol. The highest BCUT2D eigenvalue weighted by atomic mass is 32.1. The van der Waals surface area contributed by atoms with Crippen LogP contribution < -0.4 is 9.47 Å². The predicted molar refractivity (Wildman–Crippen MR) is 142 cm³/mol. The Kier molecular flexibility index (Phi) is 7.70. The van der Waals surface area contributed by atoms with Crippen LogP contribution in [0.25, 0.3) is 10.7 Å². The number of ether oxygens (including phenoxy) is 2. The molecule has 0 fully saturated rings. The second-order valence-corrected chi connectivity index (χ2v) is 10.0. The molecule has 0 saturated heterocycles. The monoisotopic (exact) mass is 502 g/mol. The van der Waals surface area contributed by atoms with E-state index in [1.807, 2.05) is 61.8 Å². The number of aliphatic carboxylic acids is 1. The summed E-state index contributed by atoms with van der Waals surface area (Å²) in [5.41, 5.74) is 1.71. The van der Waals surface area contributed by atoms with Crippen LogP contribution in [0.4, 0.5) is 0 Å². The molecule has 2 atom stereocenters. The summed E-state index contributed by atoms with van der Waals surface area (Å²) in [5, 5.41) is 9.83. The number of para-hydroxylation sites is 1. The second kappa shape index (κ2) is 10.9. The van der Waals surface area contributed by atoms with E-state index in [0.717, 1.165) is 38.7 Å². The van der Waals surface area contributed by atoms with Gasteiger partial charge in [0.1, 0.15) is 17.6 Å². The van der Waals surface area contributed by atoms with Crippen LogP contribution in [-0.2, 0) is 17.6 Å². The van der Waals surface area contributed by atoms with Gasteiger partial charge in [-0.15, -0.1) is 11.3 Å². The van der Waals surface area contributed by atoms with Crippen LogP contribution >= 0.6 is 11.3 Å². The average Bonchev–Trinajstić information content (AvgIpc) is 3.27. The third-order valence-electron chi connectivity index (χ3n) is 5.98. The number of carboxylic acid groups (broad SMARTS) is 1. The van der Waals surface area contributed by atoms with E-state index < -0.39 is 11.6 Å². The zero-order chi connectivity index (χ0) is 25.7. The van der Waals surface area contributed by atoms with Crippen molar-refractivity contribution in [1.29, 1.82) is 0 Å². The number of hydrogen-bond donors (Lipinski definition) is 1. The quantitative estimate of drug-likeness (QED) is 0.260. The molecular formula is C29H30N2O4S. The summed E-state index contributed by atoms with van der Waals surface area (Å²) in [6.07, 6.45) is 4.72. The highest BCUT2D eigenvalue weighted by molar-refractivity contribution is 7.15. The molecule has 36 heavy (non-hydrogen) atoms. The van der Waals surface area contributed by atoms with Crippen molar-refractivity contribution in [2.45, 2.75) is 52.2 Å². The minimum Gasteiger partial charge on any atom is -0.485 e. The summed E-state index contributed by atoms with van der Waals surface area (Å²) < 4.78 is 12.1. The van der Waals surface area contributed by atoms with Crippen LogP contribution in [0.1, 0.15) is 48.4 Å². The molecule has 0 radical (unpaired) electrons. The summed E-state index contributed by atoms with van der Waals surface area (Å²) in [7, 11) is 0. The average molecular weight is 503 g/mol. The number of aromatic nitrogens is 2. The molecule has 0 spiro atoms. The van der Waals surface area contributed by atoms with Gasteiger partial charge in [0, 0.05) is 23.7 Å². The zero-order valence-corrected chi connectivity index (χ0v) is 21.7. The van der Waals surface area contributed by atoms with E-state index in [1.54, 1.807) is 30.4 Å². The van der Waals surface area contributed by atoms with Gasteiger partial charge in [0.25, 0.3) is 0 Å². The van der Waals surface area contributed by atoms with Gasteiger partial charge in [0.05, 0.1) is 4.88 Å². The van der Waals surface area contributed by atoms with Crippen molar-refractivity contribution in [1.82, 2.24) is 9.97 Å². The van der Waals surface area contributed by atoms with E-state index in [2.05, 4.69) is 29.9 Å². The number of hydrogen-bond acceptors (Lipinski definition) is 6. The lowest BCUT2D eigenvalue weighted by atomic mass is 9.96. The first kappa shape index (κ1) is 25.4. The van der Waals surface area contributed by atoms with E-state index in [-0.39, 0.29) is 12.5 Å². The van der Waals surface area contributed by atoms with Crippen LogP contribution in [-0.4, -0.2) is 26.6 Å². The summed E-state index contributed by atoms with van der Waals surface area (Å²) in [6, 6.07) is 18.6. The number of benzene rings is 2. The Morgan fingerprint density at radius 3 is 2.31 bits per heavy atom. The Hall–Kier alpha value is -3.71. The molecule has 0 aliphatic heterocycles. The fourth-order valence-electron chi connectivity index (χ4n) is 3.91. The number of rotatable bonds is 10. The van der Waals surface area contributed by atoms with Crippen LogP contribution in [0.2, 0.25) is 0 Å². The van der Waals surface area contributed by atoms with Crippen molar-refractivity contribution in [2.24, 2.45) is 0 Å². The summed E-state index contributed by atoms with van der Waals surface area (Å²) in [5.74, 6) is 0.943. The van der Waals surface area contributed by atoms with Crippen molar-refractivity contribution in [3.05, 3.63) is 94.6 Å². The summed E-state index contributed by atoms with van der Waals surface area (Å²) in [6.45, 7) is 7.76. The Labute approximate surface area is 215 Å². The Bertz CT molecular complexity index is 1300. The molecule has 2 unspecified atom stereocenters. The molecule has 4 aromatic rings. The third kappa shape index (κ3) is 5.91. The molecule has 6 nitrogen and oxygen atoms in total.